The molecule has 0 unspecified atom stereocenters. The van der Waals surface area contributed by atoms with Crippen molar-refractivity contribution in [2.24, 2.45) is 0 Å². The molecule has 1 nitrogen and oxygen atoms in total. The third-order valence-electron chi connectivity index (χ3n) is 1.55. The highest BCUT2D eigenvalue weighted by Crippen LogP contribution is 2.09. The van der Waals surface area contributed by atoms with Crippen LogP contribution >= 0.6 is 11.6 Å². The van der Waals surface area contributed by atoms with Gasteiger partial charge in [0, 0.05) is 20.5 Å². The summed E-state index contributed by atoms with van der Waals surface area (Å²) in [6.45, 7) is 9.32. The zero-order valence-corrected chi connectivity index (χ0v) is 9.67. The summed E-state index contributed by atoms with van der Waals surface area (Å²) in [6, 6.07) is 1.42. The lowest BCUT2D eigenvalue weighted by Gasteiger charge is -2.14. The third kappa shape index (κ3) is 10.5. The Labute approximate surface area is 76.5 Å². The molecule has 68 valence electrons. The van der Waals surface area contributed by atoms with Crippen LogP contribution in [0.3, 0.4) is 0 Å². The van der Waals surface area contributed by atoms with Gasteiger partial charge in [0.25, 0.3) is 0 Å². The lowest BCUT2D eigenvalue weighted by molar-refractivity contribution is 0.701. The largest absolute Gasteiger partial charge is 0.316 e. The van der Waals surface area contributed by atoms with E-state index in [4.69, 9.17) is 11.6 Å². The van der Waals surface area contributed by atoms with E-state index in [0.29, 0.717) is 0 Å². The van der Waals surface area contributed by atoms with Gasteiger partial charge < -0.3 is 5.32 Å². The fourth-order valence-corrected chi connectivity index (χ4v) is 2.31. The summed E-state index contributed by atoms with van der Waals surface area (Å²) in [7, 11) is -0.790. The number of hydrogen-bond donors (Lipinski definition) is 1. The maximum Gasteiger partial charge on any atom is 0.0443 e. The molecular weight excluding hydrogens is 174 g/mol. The molecule has 0 fully saturated rings. The normalized spacial score (nSPS) is 12.0. The van der Waals surface area contributed by atoms with Crippen LogP contribution < -0.4 is 5.32 Å². The van der Waals surface area contributed by atoms with E-state index in [2.05, 4.69) is 25.0 Å². The van der Waals surface area contributed by atoms with Crippen LogP contribution in [0.25, 0.3) is 0 Å². The molecule has 0 aliphatic heterocycles. The Morgan fingerprint density at radius 2 is 1.82 bits per heavy atom. The maximum absolute atomic E-state index is 5.52. The summed E-state index contributed by atoms with van der Waals surface area (Å²) >= 11 is 5.52. The second kappa shape index (κ2) is 6.04. The van der Waals surface area contributed by atoms with Gasteiger partial charge in [-0.25, -0.2) is 0 Å². The van der Waals surface area contributed by atoms with Crippen LogP contribution in [-0.4, -0.2) is 27.0 Å². The first-order valence-corrected chi connectivity index (χ1v) is 8.57. The maximum atomic E-state index is 5.52. The Hall–Kier alpha value is 0.467. The van der Waals surface area contributed by atoms with E-state index in [1.165, 1.54) is 12.5 Å². The predicted octanol–water partition coefficient (Wildman–Crippen LogP) is 2.54. The topological polar surface area (TPSA) is 12.0 Å². The van der Waals surface area contributed by atoms with Crippen molar-refractivity contribution in [1.29, 1.82) is 0 Å². The van der Waals surface area contributed by atoms with Crippen LogP contribution in [0.4, 0.5) is 0 Å². The van der Waals surface area contributed by atoms with Crippen LogP contribution in [0.15, 0.2) is 0 Å². The molecule has 0 spiro atoms. The quantitative estimate of drug-likeness (QED) is 0.389. The molecule has 0 saturated heterocycles. The predicted molar refractivity (Wildman–Crippen MR) is 56.4 cm³/mol. The van der Waals surface area contributed by atoms with Crippen molar-refractivity contribution in [2.45, 2.75) is 32.1 Å². The van der Waals surface area contributed by atoms with E-state index in [9.17, 15) is 0 Å². The molecule has 11 heavy (non-hydrogen) atoms. The lowest BCUT2D eigenvalue weighted by Crippen LogP contribution is -2.23. The fourth-order valence-electron chi connectivity index (χ4n) is 0.936. The van der Waals surface area contributed by atoms with E-state index in [1.807, 2.05) is 0 Å². The standard InChI is InChI=1S/C8H20ClNSi/c1-11(2,3)8-4-6-10-7-5-9/h10H,4-8H2,1-3H3. The van der Waals surface area contributed by atoms with Crippen LogP contribution in [0.5, 0.6) is 0 Å². The average molecular weight is 194 g/mol. The van der Waals surface area contributed by atoms with E-state index >= 15 is 0 Å². The molecule has 0 rings (SSSR count). The van der Waals surface area contributed by atoms with Gasteiger partial charge in [0.05, 0.1) is 0 Å². The summed E-state index contributed by atoms with van der Waals surface area (Å²) in [5, 5.41) is 3.30. The van der Waals surface area contributed by atoms with E-state index in [-0.39, 0.29) is 0 Å². The Morgan fingerprint density at radius 1 is 1.18 bits per heavy atom. The zero-order chi connectivity index (χ0) is 8.74. The Balaban J connectivity index is 3.02. The van der Waals surface area contributed by atoms with Crippen molar-refractivity contribution < 1.29 is 0 Å². The molecule has 0 amide bonds. The monoisotopic (exact) mass is 193 g/mol. The molecule has 0 aromatic carbocycles. The van der Waals surface area contributed by atoms with Crippen molar-refractivity contribution in [1.82, 2.24) is 5.32 Å². The summed E-state index contributed by atoms with van der Waals surface area (Å²) < 4.78 is 0. The number of rotatable bonds is 6. The number of alkyl halides is 1. The molecule has 0 aromatic rings. The summed E-state index contributed by atoms with van der Waals surface area (Å²) in [6.07, 6.45) is 1.31. The first-order valence-electron chi connectivity index (χ1n) is 4.33. The SMILES string of the molecule is C[Si](C)(C)CCCNCCCl. The van der Waals surface area contributed by atoms with Crippen LogP contribution in [0.2, 0.25) is 25.7 Å². The van der Waals surface area contributed by atoms with E-state index < -0.39 is 8.07 Å². The van der Waals surface area contributed by atoms with Gasteiger partial charge in [0.15, 0.2) is 0 Å². The average Bonchev–Trinajstić information content (AvgIpc) is 1.85. The molecule has 0 aliphatic carbocycles. The van der Waals surface area contributed by atoms with Gasteiger partial charge in [0.1, 0.15) is 0 Å². The van der Waals surface area contributed by atoms with Gasteiger partial charge in [-0.3, -0.25) is 0 Å². The molecule has 0 bridgehead atoms. The molecule has 3 heteroatoms. The van der Waals surface area contributed by atoms with Crippen molar-refractivity contribution >= 4 is 19.7 Å². The van der Waals surface area contributed by atoms with Gasteiger partial charge in [-0.05, 0) is 13.0 Å². The summed E-state index contributed by atoms with van der Waals surface area (Å²) in [4.78, 5) is 0. The highest BCUT2D eigenvalue weighted by Gasteiger charge is 2.10. The Kier molecular flexibility index (Phi) is 6.29. The Morgan fingerprint density at radius 3 is 2.27 bits per heavy atom. The first kappa shape index (κ1) is 11.5. The van der Waals surface area contributed by atoms with Crippen molar-refractivity contribution in [3.63, 3.8) is 0 Å². The minimum atomic E-state index is -0.790. The van der Waals surface area contributed by atoms with E-state index in [0.717, 1.165) is 19.0 Å². The van der Waals surface area contributed by atoms with Crippen molar-refractivity contribution in [3.05, 3.63) is 0 Å². The molecule has 0 atom stereocenters. The van der Waals surface area contributed by atoms with E-state index in [1.54, 1.807) is 0 Å². The van der Waals surface area contributed by atoms with Gasteiger partial charge in [0.2, 0.25) is 0 Å². The second-order valence-corrected chi connectivity index (χ2v) is 10.1. The third-order valence-corrected chi connectivity index (χ3v) is 3.59. The second-order valence-electron chi connectivity index (χ2n) is 4.10. The fraction of sp³-hybridized carbons (Fsp3) is 1.00. The highest BCUT2D eigenvalue weighted by atomic mass is 35.5. The van der Waals surface area contributed by atoms with Crippen LogP contribution in [0, 0.1) is 0 Å². The van der Waals surface area contributed by atoms with Crippen LogP contribution in [0.1, 0.15) is 6.42 Å². The number of nitrogens with one attached hydrogen (secondary N) is 1. The van der Waals surface area contributed by atoms with Crippen molar-refractivity contribution in [3.8, 4) is 0 Å². The van der Waals surface area contributed by atoms with Gasteiger partial charge in [-0.1, -0.05) is 25.7 Å². The molecule has 0 aromatic heterocycles. The van der Waals surface area contributed by atoms with Gasteiger partial charge in [-0.2, -0.15) is 0 Å². The molecule has 0 radical (unpaired) electrons. The highest BCUT2D eigenvalue weighted by molar-refractivity contribution is 6.76. The minimum absolute atomic E-state index is 0.729. The first-order chi connectivity index (χ1) is 5.06. The smallest absolute Gasteiger partial charge is 0.0443 e. The molecule has 0 heterocycles. The van der Waals surface area contributed by atoms with Gasteiger partial charge >= 0.3 is 0 Å². The lowest BCUT2D eigenvalue weighted by atomic mass is 10.5. The Bertz CT molecular complexity index is 90.6. The zero-order valence-electron chi connectivity index (χ0n) is 7.91. The minimum Gasteiger partial charge on any atom is -0.316 e. The molecule has 0 aliphatic rings. The molecular formula is C8H20ClNSi. The van der Waals surface area contributed by atoms with Crippen molar-refractivity contribution in [2.75, 3.05) is 19.0 Å². The van der Waals surface area contributed by atoms with Gasteiger partial charge in [-0.15, -0.1) is 11.6 Å². The number of halogens is 1. The number of hydrogen-bond acceptors (Lipinski definition) is 1. The molecule has 1 N–H and O–H groups in total. The summed E-state index contributed by atoms with van der Waals surface area (Å²) in [5.74, 6) is 0.729. The van der Waals surface area contributed by atoms with Crippen LogP contribution in [-0.2, 0) is 0 Å². The summed E-state index contributed by atoms with van der Waals surface area (Å²) in [5.41, 5.74) is 0. The molecule has 0 saturated carbocycles.